The number of hydrogen-bond donors (Lipinski definition) is 1. The summed E-state index contributed by atoms with van der Waals surface area (Å²) < 4.78 is 40.7. The van der Waals surface area contributed by atoms with Gasteiger partial charge >= 0.3 is 6.18 Å². The Hall–Kier alpha value is -3.43. The molecule has 2 aromatic heterocycles. The molecule has 3 heterocycles. The van der Waals surface area contributed by atoms with Crippen LogP contribution < -0.4 is 10.2 Å². The van der Waals surface area contributed by atoms with Crippen molar-refractivity contribution in [2.75, 3.05) is 16.8 Å². The highest BCUT2D eigenvalue weighted by Gasteiger charge is 2.37. The lowest BCUT2D eigenvalue weighted by atomic mass is 10.1. The maximum absolute atomic E-state index is 13.0. The van der Waals surface area contributed by atoms with E-state index in [0.717, 1.165) is 17.5 Å². The fourth-order valence-corrected chi connectivity index (χ4v) is 3.61. The SMILES string of the molecule is CC(C)n1ncc2cc(NC(=O)C3CC(=O)N(c4cccc(C(F)(F)F)c4)C3)cnc21. The molecule has 1 fully saturated rings. The van der Waals surface area contributed by atoms with E-state index in [2.05, 4.69) is 15.4 Å². The Morgan fingerprint density at radius 3 is 2.71 bits per heavy atom. The molecule has 4 rings (SSSR count). The lowest BCUT2D eigenvalue weighted by molar-refractivity contribution is -0.137. The Morgan fingerprint density at radius 1 is 1.23 bits per heavy atom. The maximum atomic E-state index is 13.0. The second-order valence-corrected chi connectivity index (χ2v) is 7.76. The standard InChI is InChI=1S/C21H20F3N5O2/c1-12(2)29-19-13(9-26-29)6-16(10-25-19)27-20(31)14-7-18(30)28(11-14)17-5-3-4-15(8-17)21(22,23)24/h3-6,8-10,12,14H,7,11H2,1-2H3,(H,27,31). The summed E-state index contributed by atoms with van der Waals surface area (Å²) in [5.74, 6) is -1.47. The Labute approximate surface area is 175 Å². The fraction of sp³-hybridized carbons (Fsp3) is 0.333. The summed E-state index contributed by atoms with van der Waals surface area (Å²) in [6.45, 7) is 3.97. The number of carbonyl (C=O) groups excluding carboxylic acids is 2. The normalized spacial score (nSPS) is 17.0. The van der Waals surface area contributed by atoms with E-state index in [0.29, 0.717) is 11.3 Å². The number of nitrogens with one attached hydrogen (secondary N) is 1. The van der Waals surface area contributed by atoms with Crippen molar-refractivity contribution in [1.82, 2.24) is 14.8 Å². The minimum Gasteiger partial charge on any atom is -0.324 e. The largest absolute Gasteiger partial charge is 0.416 e. The van der Waals surface area contributed by atoms with Crippen molar-refractivity contribution in [2.24, 2.45) is 5.92 Å². The van der Waals surface area contributed by atoms with E-state index >= 15 is 0 Å². The van der Waals surface area contributed by atoms with Gasteiger partial charge in [-0.25, -0.2) is 9.67 Å². The third kappa shape index (κ3) is 4.10. The van der Waals surface area contributed by atoms with Gasteiger partial charge in [-0.1, -0.05) is 6.07 Å². The van der Waals surface area contributed by atoms with E-state index in [1.807, 2.05) is 13.8 Å². The molecule has 162 valence electrons. The summed E-state index contributed by atoms with van der Waals surface area (Å²) in [5, 5.41) is 7.79. The number of amides is 2. The van der Waals surface area contributed by atoms with E-state index in [-0.39, 0.29) is 30.6 Å². The number of benzene rings is 1. The molecular weight excluding hydrogens is 411 g/mol. The van der Waals surface area contributed by atoms with E-state index < -0.39 is 23.6 Å². The zero-order chi connectivity index (χ0) is 22.3. The van der Waals surface area contributed by atoms with Crippen LogP contribution in [0.25, 0.3) is 11.0 Å². The van der Waals surface area contributed by atoms with E-state index in [9.17, 15) is 22.8 Å². The van der Waals surface area contributed by atoms with Crippen molar-refractivity contribution in [3.8, 4) is 0 Å². The molecule has 0 saturated carbocycles. The molecule has 10 heteroatoms. The molecule has 0 aliphatic carbocycles. The number of anilines is 2. The molecule has 2 amide bonds. The Morgan fingerprint density at radius 2 is 2.00 bits per heavy atom. The smallest absolute Gasteiger partial charge is 0.324 e. The number of hydrogen-bond acceptors (Lipinski definition) is 4. The molecule has 1 aliphatic rings. The van der Waals surface area contributed by atoms with E-state index in [1.54, 1.807) is 16.9 Å². The monoisotopic (exact) mass is 431 g/mol. The van der Waals surface area contributed by atoms with Crippen LogP contribution in [-0.2, 0) is 15.8 Å². The lowest BCUT2D eigenvalue weighted by Gasteiger charge is -2.18. The van der Waals surface area contributed by atoms with Gasteiger partial charge in [0.2, 0.25) is 11.8 Å². The van der Waals surface area contributed by atoms with Crippen molar-refractivity contribution in [2.45, 2.75) is 32.5 Å². The maximum Gasteiger partial charge on any atom is 0.416 e. The fourth-order valence-electron chi connectivity index (χ4n) is 3.61. The van der Waals surface area contributed by atoms with Gasteiger partial charge in [0, 0.05) is 30.1 Å². The minimum atomic E-state index is -4.51. The molecule has 1 unspecified atom stereocenters. The predicted octanol–water partition coefficient (Wildman–Crippen LogP) is 4.02. The van der Waals surface area contributed by atoms with Gasteiger partial charge in [0.1, 0.15) is 0 Å². The molecule has 1 saturated heterocycles. The van der Waals surface area contributed by atoms with Gasteiger partial charge < -0.3 is 10.2 Å². The molecule has 1 aromatic carbocycles. The first-order valence-corrected chi connectivity index (χ1v) is 9.75. The van der Waals surface area contributed by atoms with Crippen LogP contribution in [0.3, 0.4) is 0 Å². The number of aromatic nitrogens is 3. The second kappa shape index (κ2) is 7.68. The molecule has 31 heavy (non-hydrogen) atoms. The number of fused-ring (bicyclic) bond motifs is 1. The highest BCUT2D eigenvalue weighted by atomic mass is 19.4. The molecular formula is C21H20F3N5O2. The molecule has 1 aliphatic heterocycles. The molecule has 0 radical (unpaired) electrons. The van der Waals surface area contributed by atoms with Gasteiger partial charge in [0.15, 0.2) is 5.65 Å². The van der Waals surface area contributed by atoms with Gasteiger partial charge in [0.05, 0.1) is 29.6 Å². The molecule has 1 N–H and O–H groups in total. The van der Waals surface area contributed by atoms with E-state index in [1.165, 1.54) is 23.2 Å². The first kappa shape index (κ1) is 20.8. The number of rotatable bonds is 4. The molecule has 0 spiro atoms. The van der Waals surface area contributed by atoms with Crippen molar-refractivity contribution < 1.29 is 22.8 Å². The predicted molar refractivity (Wildman–Crippen MR) is 108 cm³/mol. The summed E-state index contributed by atoms with van der Waals surface area (Å²) in [4.78, 5) is 30.6. The van der Waals surface area contributed by atoms with E-state index in [4.69, 9.17) is 0 Å². The van der Waals surface area contributed by atoms with Gasteiger partial charge in [0.25, 0.3) is 0 Å². The van der Waals surface area contributed by atoms with Crippen LogP contribution in [-0.4, -0.2) is 33.1 Å². The summed E-state index contributed by atoms with van der Waals surface area (Å²) in [5.41, 5.74) is 0.442. The second-order valence-electron chi connectivity index (χ2n) is 7.76. The van der Waals surface area contributed by atoms with Crippen LogP contribution in [0.15, 0.2) is 42.7 Å². The Balaban J connectivity index is 1.48. The van der Waals surface area contributed by atoms with Crippen molar-refractivity contribution in [3.63, 3.8) is 0 Å². The number of halogens is 3. The molecule has 7 nitrogen and oxygen atoms in total. The first-order valence-electron chi connectivity index (χ1n) is 9.75. The van der Waals surface area contributed by atoms with Crippen LogP contribution in [0.5, 0.6) is 0 Å². The average Bonchev–Trinajstić information content (AvgIpc) is 3.31. The van der Waals surface area contributed by atoms with Crippen molar-refractivity contribution in [1.29, 1.82) is 0 Å². The third-order valence-electron chi connectivity index (χ3n) is 5.17. The lowest BCUT2D eigenvalue weighted by Crippen LogP contribution is -2.28. The minimum absolute atomic E-state index is 0.00688. The molecule has 1 atom stereocenters. The number of alkyl halides is 3. The quantitative estimate of drug-likeness (QED) is 0.677. The van der Waals surface area contributed by atoms with Crippen LogP contribution in [0, 0.1) is 5.92 Å². The van der Waals surface area contributed by atoms with Crippen LogP contribution in [0.4, 0.5) is 24.5 Å². The van der Waals surface area contributed by atoms with Gasteiger partial charge in [-0.05, 0) is 38.1 Å². The third-order valence-corrected chi connectivity index (χ3v) is 5.17. The molecule has 0 bridgehead atoms. The Bertz CT molecular complexity index is 1160. The van der Waals surface area contributed by atoms with Gasteiger partial charge in [-0.2, -0.15) is 18.3 Å². The zero-order valence-corrected chi connectivity index (χ0v) is 16.8. The Kier molecular flexibility index (Phi) is 5.16. The summed E-state index contributed by atoms with van der Waals surface area (Å²) in [6, 6.07) is 6.42. The topological polar surface area (TPSA) is 80.1 Å². The number of nitrogens with zero attached hydrogens (tertiary/aromatic N) is 4. The highest BCUT2D eigenvalue weighted by Crippen LogP contribution is 2.33. The van der Waals surface area contributed by atoms with Crippen molar-refractivity contribution >= 4 is 34.2 Å². The van der Waals surface area contributed by atoms with Gasteiger partial charge in [-0.3, -0.25) is 9.59 Å². The average molecular weight is 431 g/mol. The summed E-state index contributed by atoms with van der Waals surface area (Å²) in [6.07, 6.45) is -1.41. The zero-order valence-electron chi connectivity index (χ0n) is 16.8. The van der Waals surface area contributed by atoms with Crippen LogP contribution in [0.2, 0.25) is 0 Å². The highest BCUT2D eigenvalue weighted by molar-refractivity contribution is 6.03. The molecule has 3 aromatic rings. The number of carbonyl (C=O) groups is 2. The van der Waals surface area contributed by atoms with Crippen LogP contribution >= 0.6 is 0 Å². The summed E-state index contributed by atoms with van der Waals surface area (Å²) in [7, 11) is 0. The van der Waals surface area contributed by atoms with Crippen LogP contribution in [0.1, 0.15) is 31.9 Å². The first-order chi connectivity index (χ1) is 14.6. The summed E-state index contributed by atoms with van der Waals surface area (Å²) >= 11 is 0. The number of pyridine rings is 1. The van der Waals surface area contributed by atoms with Crippen molar-refractivity contribution in [3.05, 3.63) is 48.3 Å². The van der Waals surface area contributed by atoms with Gasteiger partial charge in [-0.15, -0.1) is 0 Å².